The summed E-state index contributed by atoms with van der Waals surface area (Å²) in [5.74, 6) is 3.33. The predicted octanol–water partition coefficient (Wildman–Crippen LogP) is 5.17. The van der Waals surface area contributed by atoms with Gasteiger partial charge in [-0.15, -0.1) is 0 Å². The molecule has 0 spiro atoms. The Balaban J connectivity index is 1.85. The minimum Gasteiger partial charge on any atom is -0.0596 e. The molecule has 0 N–H and O–H groups in total. The van der Waals surface area contributed by atoms with E-state index in [2.05, 4.69) is 6.92 Å². The first-order valence-corrected chi connectivity index (χ1v) is 7.75. The molecular formula is C16H28. The predicted molar refractivity (Wildman–Crippen MR) is 69.4 cm³/mol. The van der Waals surface area contributed by atoms with Crippen LogP contribution in [0.3, 0.4) is 0 Å². The second kappa shape index (κ2) is 4.35. The van der Waals surface area contributed by atoms with Gasteiger partial charge in [0.15, 0.2) is 0 Å². The van der Waals surface area contributed by atoms with E-state index >= 15 is 0 Å². The Bertz CT molecular complexity index is 244. The van der Waals surface area contributed by atoms with Crippen molar-refractivity contribution in [2.75, 3.05) is 0 Å². The molecule has 3 saturated carbocycles. The van der Waals surface area contributed by atoms with Crippen molar-refractivity contribution in [1.29, 1.82) is 0 Å². The Kier molecular flexibility index (Phi) is 3.02. The van der Waals surface area contributed by atoms with Gasteiger partial charge < -0.3 is 0 Å². The van der Waals surface area contributed by atoms with Gasteiger partial charge >= 0.3 is 0 Å². The monoisotopic (exact) mass is 220 g/mol. The Morgan fingerprint density at radius 3 is 2.56 bits per heavy atom. The highest BCUT2D eigenvalue weighted by Gasteiger charge is 2.39. The lowest BCUT2D eigenvalue weighted by Crippen LogP contribution is -2.21. The van der Waals surface area contributed by atoms with E-state index in [1.165, 1.54) is 25.7 Å². The van der Waals surface area contributed by atoms with Gasteiger partial charge in [0.1, 0.15) is 0 Å². The summed E-state index contributed by atoms with van der Waals surface area (Å²) in [4.78, 5) is 0. The molecule has 0 nitrogen and oxygen atoms in total. The molecule has 0 aromatic heterocycles. The van der Waals surface area contributed by atoms with Gasteiger partial charge in [-0.1, -0.05) is 45.4 Å². The van der Waals surface area contributed by atoms with Crippen molar-refractivity contribution in [2.45, 2.75) is 77.6 Å². The SMILES string of the molecule is CC12CCCC3CCCCC(CC1)CC3C2. The number of hydrogen-bond acceptors (Lipinski definition) is 0. The second-order valence-corrected chi connectivity index (χ2v) is 7.35. The normalized spacial score (nSPS) is 48.9. The molecule has 3 aliphatic carbocycles. The van der Waals surface area contributed by atoms with Gasteiger partial charge in [0.05, 0.1) is 0 Å². The van der Waals surface area contributed by atoms with Crippen molar-refractivity contribution < 1.29 is 0 Å². The lowest BCUT2D eigenvalue weighted by atomic mass is 9.74. The highest BCUT2D eigenvalue weighted by Crippen LogP contribution is 2.51. The number of rotatable bonds is 0. The van der Waals surface area contributed by atoms with Crippen LogP contribution in [0.5, 0.6) is 0 Å². The van der Waals surface area contributed by atoms with Crippen LogP contribution < -0.4 is 0 Å². The maximum atomic E-state index is 2.60. The van der Waals surface area contributed by atoms with E-state index in [9.17, 15) is 0 Å². The fourth-order valence-corrected chi connectivity index (χ4v) is 5.01. The first-order valence-electron chi connectivity index (χ1n) is 7.75. The van der Waals surface area contributed by atoms with Crippen molar-refractivity contribution in [3.05, 3.63) is 0 Å². The second-order valence-electron chi connectivity index (χ2n) is 7.35. The Labute approximate surface area is 101 Å². The summed E-state index contributed by atoms with van der Waals surface area (Å²) in [6.07, 6.45) is 17.1. The van der Waals surface area contributed by atoms with Crippen LogP contribution in [0.25, 0.3) is 0 Å². The molecule has 0 aromatic rings. The summed E-state index contributed by atoms with van der Waals surface area (Å²) in [5.41, 5.74) is 0.735. The quantitative estimate of drug-likeness (QED) is 0.528. The van der Waals surface area contributed by atoms with Crippen LogP contribution in [0, 0.1) is 23.2 Å². The largest absolute Gasteiger partial charge is 0.0596 e. The molecule has 3 fully saturated rings. The topological polar surface area (TPSA) is 0 Å². The average Bonchev–Trinajstić information content (AvgIpc) is 2.48. The van der Waals surface area contributed by atoms with E-state index in [0.29, 0.717) is 0 Å². The van der Waals surface area contributed by atoms with Gasteiger partial charge in [-0.3, -0.25) is 0 Å². The molecule has 3 aliphatic rings. The first kappa shape index (κ1) is 11.1. The Morgan fingerprint density at radius 1 is 0.812 bits per heavy atom. The summed E-state index contributed by atoms with van der Waals surface area (Å²) >= 11 is 0. The van der Waals surface area contributed by atoms with Crippen molar-refractivity contribution in [1.82, 2.24) is 0 Å². The highest BCUT2D eigenvalue weighted by atomic mass is 14.4. The van der Waals surface area contributed by atoms with Crippen molar-refractivity contribution in [2.24, 2.45) is 23.2 Å². The minimum absolute atomic E-state index is 0.735. The third-order valence-corrected chi connectivity index (χ3v) is 6.01. The summed E-state index contributed by atoms with van der Waals surface area (Å²) < 4.78 is 0. The third-order valence-electron chi connectivity index (χ3n) is 6.01. The van der Waals surface area contributed by atoms with Crippen LogP contribution in [-0.4, -0.2) is 0 Å². The van der Waals surface area contributed by atoms with Crippen LogP contribution in [-0.2, 0) is 0 Å². The summed E-state index contributed by atoms with van der Waals surface area (Å²) in [6, 6.07) is 0. The Hall–Kier alpha value is 0. The van der Waals surface area contributed by atoms with E-state index in [1.54, 1.807) is 44.9 Å². The summed E-state index contributed by atoms with van der Waals surface area (Å²) in [7, 11) is 0. The minimum atomic E-state index is 0.735. The molecule has 92 valence electrons. The van der Waals surface area contributed by atoms with E-state index in [-0.39, 0.29) is 0 Å². The fraction of sp³-hybridized carbons (Fsp3) is 1.00. The van der Waals surface area contributed by atoms with Gasteiger partial charge in [0.25, 0.3) is 0 Å². The molecule has 0 radical (unpaired) electrons. The molecule has 0 aromatic carbocycles. The molecule has 0 heterocycles. The summed E-state index contributed by atoms with van der Waals surface area (Å²) in [5, 5.41) is 0. The van der Waals surface area contributed by atoms with E-state index in [1.807, 2.05) is 0 Å². The van der Waals surface area contributed by atoms with Gasteiger partial charge in [-0.25, -0.2) is 0 Å². The lowest BCUT2D eigenvalue weighted by molar-refractivity contribution is 0.194. The first-order chi connectivity index (χ1) is 7.75. The van der Waals surface area contributed by atoms with Crippen molar-refractivity contribution in [3.63, 3.8) is 0 Å². The zero-order valence-electron chi connectivity index (χ0n) is 11.0. The molecule has 3 rings (SSSR count). The fourth-order valence-electron chi connectivity index (χ4n) is 5.01. The molecule has 0 saturated heterocycles. The molecule has 16 heavy (non-hydrogen) atoms. The summed E-state index contributed by atoms with van der Waals surface area (Å²) in [6.45, 7) is 2.60. The van der Waals surface area contributed by atoms with Crippen molar-refractivity contribution >= 4 is 0 Å². The number of hydrogen-bond donors (Lipinski definition) is 0. The molecule has 0 amide bonds. The Morgan fingerprint density at radius 2 is 1.62 bits per heavy atom. The molecule has 0 heteroatoms. The highest BCUT2D eigenvalue weighted by molar-refractivity contribution is 4.90. The maximum Gasteiger partial charge on any atom is -0.0323 e. The molecule has 4 unspecified atom stereocenters. The van der Waals surface area contributed by atoms with E-state index in [0.717, 1.165) is 23.2 Å². The molecule has 4 atom stereocenters. The van der Waals surface area contributed by atoms with Gasteiger partial charge in [-0.05, 0) is 55.3 Å². The lowest BCUT2D eigenvalue weighted by Gasteiger charge is -2.31. The van der Waals surface area contributed by atoms with Crippen LogP contribution in [0.4, 0.5) is 0 Å². The standard InChI is InChI=1S/C16H28/c1-16-9-4-7-14-6-3-2-5-13(8-10-16)11-15(14)12-16/h13-15H,2-12H2,1H3. The van der Waals surface area contributed by atoms with E-state index < -0.39 is 0 Å². The maximum absolute atomic E-state index is 2.60. The molecule has 0 aliphatic heterocycles. The number of fused-ring (bicyclic) bond motifs is 2. The molecule has 3 bridgehead atoms. The average molecular weight is 220 g/mol. The van der Waals surface area contributed by atoms with Crippen LogP contribution in [0.2, 0.25) is 0 Å². The van der Waals surface area contributed by atoms with E-state index in [4.69, 9.17) is 0 Å². The third kappa shape index (κ3) is 2.17. The molecular weight excluding hydrogens is 192 g/mol. The van der Waals surface area contributed by atoms with Gasteiger partial charge in [0, 0.05) is 0 Å². The van der Waals surface area contributed by atoms with Crippen LogP contribution >= 0.6 is 0 Å². The van der Waals surface area contributed by atoms with Crippen molar-refractivity contribution in [3.8, 4) is 0 Å². The van der Waals surface area contributed by atoms with Gasteiger partial charge in [0.2, 0.25) is 0 Å². The smallest absolute Gasteiger partial charge is 0.0323 e. The van der Waals surface area contributed by atoms with Crippen LogP contribution in [0.15, 0.2) is 0 Å². The van der Waals surface area contributed by atoms with Gasteiger partial charge in [-0.2, -0.15) is 0 Å². The zero-order chi connectivity index (χ0) is 11.0. The zero-order valence-corrected chi connectivity index (χ0v) is 11.0. The van der Waals surface area contributed by atoms with Crippen LogP contribution in [0.1, 0.15) is 77.6 Å².